The van der Waals surface area contributed by atoms with E-state index >= 15 is 0 Å². The molecule has 0 bridgehead atoms. The average Bonchev–Trinajstić information content (AvgIpc) is 3.08. The summed E-state index contributed by atoms with van der Waals surface area (Å²) in [6, 6.07) is 4.48. The van der Waals surface area contributed by atoms with Gasteiger partial charge in [-0.25, -0.2) is 0 Å². The number of pyridine rings is 1. The first-order chi connectivity index (χ1) is 8.81. The van der Waals surface area contributed by atoms with E-state index in [2.05, 4.69) is 36.4 Å². The molecule has 0 unspecified atom stereocenters. The normalized spacial score (nSPS) is 14.9. The molecule has 0 amide bonds. The summed E-state index contributed by atoms with van der Waals surface area (Å²) in [6.07, 6.45) is 5.07. The molecule has 1 aliphatic rings. The highest BCUT2D eigenvalue weighted by Crippen LogP contribution is 2.19. The summed E-state index contributed by atoms with van der Waals surface area (Å²) in [5.74, 6) is 1.20. The van der Waals surface area contributed by atoms with Gasteiger partial charge in [-0.3, -0.25) is 4.98 Å². The first-order valence-electron chi connectivity index (χ1n) is 5.99. The summed E-state index contributed by atoms with van der Waals surface area (Å²) in [5, 5.41) is 7.35. The lowest BCUT2D eigenvalue weighted by atomic mass is 10.3. The van der Waals surface area contributed by atoms with E-state index in [1.807, 2.05) is 12.1 Å². The van der Waals surface area contributed by atoms with Crippen molar-refractivity contribution in [1.82, 2.24) is 20.4 Å². The molecule has 1 N–H and O–H groups in total. The van der Waals surface area contributed by atoms with Crippen molar-refractivity contribution in [2.45, 2.75) is 25.3 Å². The Hall–Kier alpha value is -1.27. The Bertz CT molecular complexity index is 521. The van der Waals surface area contributed by atoms with Crippen molar-refractivity contribution in [3.63, 3.8) is 0 Å². The second-order valence-corrected chi connectivity index (χ2v) is 5.27. The quantitative estimate of drug-likeness (QED) is 0.917. The van der Waals surface area contributed by atoms with Gasteiger partial charge in [0.25, 0.3) is 0 Å². The first-order valence-corrected chi connectivity index (χ1v) is 6.78. The zero-order valence-corrected chi connectivity index (χ0v) is 11.4. The predicted octanol–water partition coefficient (Wildman–Crippen LogP) is 2.19. The summed E-state index contributed by atoms with van der Waals surface area (Å²) < 4.78 is 6.13. The molecule has 1 saturated carbocycles. The lowest BCUT2D eigenvalue weighted by Gasteiger charge is -1.97. The zero-order valence-electron chi connectivity index (χ0n) is 9.77. The molecule has 0 aromatic carbocycles. The molecule has 94 valence electrons. The third-order valence-corrected chi connectivity index (χ3v) is 3.24. The molecule has 0 aliphatic heterocycles. The molecule has 2 aromatic rings. The van der Waals surface area contributed by atoms with Gasteiger partial charge in [0.05, 0.1) is 0 Å². The van der Waals surface area contributed by atoms with E-state index in [9.17, 15) is 0 Å². The number of hydrogen-bond acceptors (Lipinski definition) is 5. The van der Waals surface area contributed by atoms with Crippen molar-refractivity contribution in [2.24, 2.45) is 0 Å². The van der Waals surface area contributed by atoms with Gasteiger partial charge in [-0.05, 0) is 40.9 Å². The van der Waals surface area contributed by atoms with Gasteiger partial charge in [-0.15, -0.1) is 0 Å². The van der Waals surface area contributed by atoms with E-state index < -0.39 is 0 Å². The van der Waals surface area contributed by atoms with Crippen LogP contribution >= 0.6 is 15.9 Å². The highest BCUT2D eigenvalue weighted by molar-refractivity contribution is 9.10. The Balaban J connectivity index is 1.62. The van der Waals surface area contributed by atoms with Gasteiger partial charge in [0.15, 0.2) is 0 Å². The molecule has 0 saturated heterocycles. The number of hydrogen-bond donors (Lipinski definition) is 1. The molecule has 18 heavy (non-hydrogen) atoms. The molecule has 0 radical (unpaired) electrons. The monoisotopic (exact) mass is 308 g/mol. The zero-order chi connectivity index (χ0) is 12.4. The second-order valence-electron chi connectivity index (χ2n) is 4.35. The summed E-state index contributed by atoms with van der Waals surface area (Å²) in [6.45, 7) is 0.889. The van der Waals surface area contributed by atoms with Gasteiger partial charge >= 0.3 is 0 Å². The van der Waals surface area contributed by atoms with Crippen molar-refractivity contribution >= 4 is 15.9 Å². The fourth-order valence-corrected chi connectivity index (χ4v) is 1.87. The molecule has 5 nitrogen and oxygen atoms in total. The molecule has 1 aliphatic carbocycles. The minimum Gasteiger partial charge on any atom is -0.339 e. The van der Waals surface area contributed by atoms with Crippen LogP contribution in [0.25, 0.3) is 11.5 Å². The summed E-state index contributed by atoms with van der Waals surface area (Å²) in [5.41, 5.74) is 0.725. The Labute approximate surface area is 113 Å². The fraction of sp³-hybridized carbons (Fsp3) is 0.417. The van der Waals surface area contributed by atoms with E-state index in [0.717, 1.165) is 23.1 Å². The van der Waals surface area contributed by atoms with Gasteiger partial charge in [0, 0.05) is 29.7 Å². The van der Waals surface area contributed by atoms with Crippen LogP contribution in [0, 0.1) is 0 Å². The van der Waals surface area contributed by atoms with Crippen LogP contribution in [-0.2, 0) is 6.42 Å². The molecule has 2 aromatic heterocycles. The van der Waals surface area contributed by atoms with Crippen LogP contribution in [0.15, 0.2) is 27.3 Å². The van der Waals surface area contributed by atoms with Crippen LogP contribution in [0.2, 0.25) is 0 Å². The van der Waals surface area contributed by atoms with Crippen LogP contribution in [0.5, 0.6) is 0 Å². The molecule has 6 heteroatoms. The Kier molecular flexibility index (Phi) is 3.38. The highest BCUT2D eigenvalue weighted by Gasteiger charge is 2.20. The molecular weight excluding hydrogens is 296 g/mol. The minimum absolute atomic E-state index is 0.545. The van der Waals surface area contributed by atoms with Gasteiger partial charge in [-0.2, -0.15) is 4.98 Å². The van der Waals surface area contributed by atoms with Crippen LogP contribution in [-0.4, -0.2) is 27.7 Å². The van der Waals surface area contributed by atoms with Crippen molar-refractivity contribution in [3.05, 3.63) is 28.7 Å². The van der Waals surface area contributed by atoms with E-state index in [1.54, 1.807) is 6.20 Å². The van der Waals surface area contributed by atoms with E-state index in [0.29, 0.717) is 17.8 Å². The molecule has 3 rings (SSSR count). The Morgan fingerprint density at radius 2 is 2.28 bits per heavy atom. The van der Waals surface area contributed by atoms with Crippen molar-refractivity contribution in [1.29, 1.82) is 0 Å². The number of halogens is 1. The fourth-order valence-electron chi connectivity index (χ4n) is 1.64. The molecular formula is C12H13BrN4O. The topological polar surface area (TPSA) is 63.8 Å². The summed E-state index contributed by atoms with van der Waals surface area (Å²) in [7, 11) is 0. The molecule has 0 atom stereocenters. The minimum atomic E-state index is 0.545. The van der Waals surface area contributed by atoms with E-state index in [-0.39, 0.29) is 0 Å². The SMILES string of the molecule is Brc1ccc(-c2noc(CCNC3CC3)n2)nc1. The number of nitrogens with zero attached hydrogens (tertiary/aromatic N) is 3. The number of nitrogens with one attached hydrogen (secondary N) is 1. The lowest BCUT2D eigenvalue weighted by Crippen LogP contribution is -2.19. The summed E-state index contributed by atoms with van der Waals surface area (Å²) in [4.78, 5) is 8.56. The smallest absolute Gasteiger partial charge is 0.228 e. The van der Waals surface area contributed by atoms with Gasteiger partial charge in [0.2, 0.25) is 11.7 Å². The highest BCUT2D eigenvalue weighted by atomic mass is 79.9. The third-order valence-electron chi connectivity index (χ3n) is 2.77. The average molecular weight is 309 g/mol. The Morgan fingerprint density at radius 3 is 3.00 bits per heavy atom. The van der Waals surface area contributed by atoms with Crippen LogP contribution in [0.4, 0.5) is 0 Å². The van der Waals surface area contributed by atoms with Crippen LogP contribution in [0.1, 0.15) is 18.7 Å². The number of rotatable bonds is 5. The van der Waals surface area contributed by atoms with Gasteiger partial charge in [-0.1, -0.05) is 5.16 Å². The first kappa shape index (κ1) is 11.8. The van der Waals surface area contributed by atoms with Crippen molar-refractivity contribution in [3.8, 4) is 11.5 Å². The van der Waals surface area contributed by atoms with Crippen molar-refractivity contribution in [2.75, 3.05) is 6.54 Å². The van der Waals surface area contributed by atoms with Gasteiger partial charge < -0.3 is 9.84 Å². The maximum atomic E-state index is 5.20. The largest absolute Gasteiger partial charge is 0.339 e. The van der Waals surface area contributed by atoms with Crippen LogP contribution in [0.3, 0.4) is 0 Å². The number of aromatic nitrogens is 3. The summed E-state index contributed by atoms with van der Waals surface area (Å²) >= 11 is 3.34. The predicted molar refractivity (Wildman–Crippen MR) is 70.0 cm³/mol. The standard InChI is InChI=1S/C12H13BrN4O/c13-8-1-4-10(15-7-8)12-16-11(18-17-12)5-6-14-9-2-3-9/h1,4,7,9,14H,2-3,5-6H2. The third kappa shape index (κ3) is 2.94. The molecule has 0 spiro atoms. The van der Waals surface area contributed by atoms with E-state index in [1.165, 1.54) is 12.8 Å². The lowest BCUT2D eigenvalue weighted by molar-refractivity contribution is 0.376. The molecule has 1 fully saturated rings. The van der Waals surface area contributed by atoms with Crippen molar-refractivity contribution < 1.29 is 4.52 Å². The van der Waals surface area contributed by atoms with E-state index in [4.69, 9.17) is 4.52 Å². The maximum Gasteiger partial charge on any atom is 0.228 e. The van der Waals surface area contributed by atoms with Crippen LogP contribution < -0.4 is 5.32 Å². The second kappa shape index (κ2) is 5.16. The van der Waals surface area contributed by atoms with Gasteiger partial charge in [0.1, 0.15) is 5.69 Å². The maximum absolute atomic E-state index is 5.20. The molecule has 2 heterocycles. The Morgan fingerprint density at radius 1 is 1.39 bits per heavy atom.